The lowest BCUT2D eigenvalue weighted by molar-refractivity contribution is 0.0668. The molecule has 37 heavy (non-hydrogen) atoms. The van der Waals surface area contributed by atoms with Gasteiger partial charge in [0.15, 0.2) is 0 Å². The van der Waals surface area contributed by atoms with Crippen molar-refractivity contribution in [1.82, 2.24) is 20.2 Å². The molecule has 1 saturated heterocycles. The quantitative estimate of drug-likeness (QED) is 0.388. The number of nitrogens with one attached hydrogen (secondary N) is 2. The Balaban J connectivity index is 1.33. The van der Waals surface area contributed by atoms with Crippen molar-refractivity contribution in [2.45, 2.75) is 70.1 Å². The minimum absolute atomic E-state index is 0.0848. The van der Waals surface area contributed by atoms with Crippen LogP contribution in [0.5, 0.6) is 5.75 Å². The molecule has 5 rings (SSSR count). The van der Waals surface area contributed by atoms with Crippen molar-refractivity contribution in [3.05, 3.63) is 40.8 Å². The number of halogens is 1. The van der Waals surface area contributed by atoms with Crippen LogP contribution in [0.3, 0.4) is 0 Å². The van der Waals surface area contributed by atoms with Crippen molar-refractivity contribution >= 4 is 39.0 Å². The van der Waals surface area contributed by atoms with Gasteiger partial charge in [-0.05, 0) is 83.2 Å². The number of benzene rings is 1. The minimum Gasteiger partial charge on any atom is -0.488 e. The highest BCUT2D eigenvalue weighted by Gasteiger charge is 2.24. The van der Waals surface area contributed by atoms with Crippen molar-refractivity contribution in [3.8, 4) is 5.75 Å². The lowest BCUT2D eigenvalue weighted by atomic mass is 9.95. The van der Waals surface area contributed by atoms with E-state index in [1.165, 1.54) is 42.6 Å². The molecule has 198 valence electrons. The van der Waals surface area contributed by atoms with Crippen LogP contribution in [0.15, 0.2) is 24.5 Å². The maximum absolute atomic E-state index is 14.1. The summed E-state index contributed by atoms with van der Waals surface area (Å²) in [6.07, 6.45) is 7.19. The zero-order valence-electron chi connectivity index (χ0n) is 21.3. The molecule has 2 fully saturated rings. The molecule has 3 heterocycles. The highest BCUT2D eigenvalue weighted by atomic mass is 32.1. The van der Waals surface area contributed by atoms with Crippen LogP contribution in [0.4, 0.5) is 15.9 Å². The monoisotopic (exact) mass is 527 g/mol. The number of aliphatic hydroxyl groups excluding tert-OH is 1. The zero-order chi connectivity index (χ0) is 25.9. The summed E-state index contributed by atoms with van der Waals surface area (Å²) in [4.78, 5) is 25.6. The number of hydrogen-bond donors (Lipinski definition) is 3. The van der Waals surface area contributed by atoms with Gasteiger partial charge in [0.05, 0.1) is 28.2 Å². The van der Waals surface area contributed by atoms with E-state index in [4.69, 9.17) is 4.74 Å². The first-order valence-corrected chi connectivity index (χ1v) is 13.8. The SMILES string of the molecule is Cc1c(C(=O)NCCC2CCCN2C)sc2ncnc(Nc3ccc(F)cc3OC3CCC(O)CC3)c12. The van der Waals surface area contributed by atoms with Gasteiger partial charge in [-0.1, -0.05) is 0 Å². The number of anilines is 2. The van der Waals surface area contributed by atoms with Gasteiger partial charge in [-0.3, -0.25) is 4.79 Å². The van der Waals surface area contributed by atoms with E-state index in [0.717, 1.165) is 23.9 Å². The Morgan fingerprint density at radius 1 is 1.24 bits per heavy atom. The predicted molar refractivity (Wildman–Crippen MR) is 143 cm³/mol. The van der Waals surface area contributed by atoms with Crippen LogP contribution in [0.1, 0.15) is 60.2 Å². The number of rotatable bonds is 8. The van der Waals surface area contributed by atoms with Crippen molar-refractivity contribution in [2.24, 2.45) is 0 Å². The highest BCUT2D eigenvalue weighted by molar-refractivity contribution is 7.20. The molecule has 10 heteroatoms. The molecule has 1 amide bonds. The Morgan fingerprint density at radius 3 is 2.81 bits per heavy atom. The molecule has 1 unspecified atom stereocenters. The Labute approximate surface area is 220 Å². The Morgan fingerprint density at radius 2 is 2.05 bits per heavy atom. The third-order valence-electron chi connectivity index (χ3n) is 7.50. The molecular weight excluding hydrogens is 493 g/mol. The first-order chi connectivity index (χ1) is 17.9. The summed E-state index contributed by atoms with van der Waals surface area (Å²) in [6, 6.07) is 4.90. The summed E-state index contributed by atoms with van der Waals surface area (Å²) >= 11 is 1.35. The van der Waals surface area contributed by atoms with Gasteiger partial charge in [0.25, 0.3) is 5.91 Å². The summed E-state index contributed by atoms with van der Waals surface area (Å²) in [6.45, 7) is 3.66. The number of thiophene rings is 1. The van der Waals surface area contributed by atoms with E-state index in [0.29, 0.717) is 65.2 Å². The summed E-state index contributed by atoms with van der Waals surface area (Å²) < 4.78 is 20.3. The molecule has 1 saturated carbocycles. The molecule has 3 N–H and O–H groups in total. The summed E-state index contributed by atoms with van der Waals surface area (Å²) in [5.74, 6) is 0.452. The predicted octanol–water partition coefficient (Wildman–Crippen LogP) is 4.78. The van der Waals surface area contributed by atoms with E-state index in [1.54, 1.807) is 6.07 Å². The molecule has 0 radical (unpaired) electrons. The minimum atomic E-state index is -0.390. The Bertz CT molecular complexity index is 1260. The van der Waals surface area contributed by atoms with Crippen LogP contribution >= 0.6 is 11.3 Å². The van der Waals surface area contributed by atoms with Gasteiger partial charge in [-0.25, -0.2) is 14.4 Å². The second-order valence-electron chi connectivity index (χ2n) is 10.1. The number of aryl methyl sites for hydroxylation is 1. The van der Waals surface area contributed by atoms with E-state index in [9.17, 15) is 14.3 Å². The molecular formula is C27H34FN5O3S. The first-order valence-electron chi connectivity index (χ1n) is 13.0. The second kappa shape index (κ2) is 11.3. The topological polar surface area (TPSA) is 99.6 Å². The highest BCUT2D eigenvalue weighted by Crippen LogP contribution is 2.37. The van der Waals surface area contributed by atoms with Gasteiger partial charge in [0.2, 0.25) is 0 Å². The number of carbonyl (C=O) groups excluding carboxylic acids is 1. The van der Waals surface area contributed by atoms with Gasteiger partial charge in [0, 0.05) is 18.7 Å². The van der Waals surface area contributed by atoms with Crippen molar-refractivity contribution in [2.75, 3.05) is 25.5 Å². The number of fused-ring (bicyclic) bond motifs is 1. The number of likely N-dealkylation sites (tertiary alicyclic amines) is 1. The average Bonchev–Trinajstić information content (AvgIpc) is 3.45. The average molecular weight is 528 g/mol. The molecule has 1 aliphatic carbocycles. The van der Waals surface area contributed by atoms with Crippen LogP contribution in [-0.4, -0.2) is 64.3 Å². The largest absolute Gasteiger partial charge is 0.488 e. The smallest absolute Gasteiger partial charge is 0.261 e. The number of hydrogen-bond acceptors (Lipinski definition) is 8. The summed E-state index contributed by atoms with van der Waals surface area (Å²) in [5.41, 5.74) is 1.40. The standard InChI is InChI=1S/C27H34FN5O3S/c1-16-23-25(32-21-10-5-17(28)14-22(21)36-20-8-6-19(34)7-9-20)30-15-31-27(23)37-24(16)26(35)29-12-11-18-4-3-13-33(18)2/h5,10,14-15,18-20,34H,3-4,6-9,11-13H2,1-2H3,(H,29,35)(H,30,31,32). The summed E-state index contributed by atoms with van der Waals surface area (Å²) in [7, 11) is 2.14. The maximum atomic E-state index is 14.1. The van der Waals surface area contributed by atoms with Crippen LogP contribution in [-0.2, 0) is 0 Å². The van der Waals surface area contributed by atoms with Gasteiger partial charge in [0.1, 0.15) is 28.5 Å². The number of ether oxygens (including phenoxy) is 1. The van der Waals surface area contributed by atoms with Crippen molar-refractivity contribution < 1.29 is 19.0 Å². The van der Waals surface area contributed by atoms with Gasteiger partial charge < -0.3 is 25.4 Å². The molecule has 0 bridgehead atoms. The first kappa shape index (κ1) is 25.8. The van der Waals surface area contributed by atoms with Crippen LogP contribution in [0, 0.1) is 12.7 Å². The molecule has 2 aliphatic rings. The number of nitrogens with zero attached hydrogens (tertiary/aromatic N) is 3. The third kappa shape index (κ3) is 5.86. The molecule has 1 atom stereocenters. The number of amides is 1. The Kier molecular flexibility index (Phi) is 7.87. The van der Waals surface area contributed by atoms with E-state index < -0.39 is 5.82 Å². The van der Waals surface area contributed by atoms with E-state index in [-0.39, 0.29) is 18.1 Å². The molecule has 2 aromatic heterocycles. The fourth-order valence-electron chi connectivity index (χ4n) is 5.33. The van der Waals surface area contributed by atoms with Crippen molar-refractivity contribution in [3.63, 3.8) is 0 Å². The van der Waals surface area contributed by atoms with Crippen molar-refractivity contribution in [1.29, 1.82) is 0 Å². The van der Waals surface area contributed by atoms with E-state index in [2.05, 4.69) is 32.5 Å². The molecule has 0 spiro atoms. The zero-order valence-corrected chi connectivity index (χ0v) is 22.1. The van der Waals surface area contributed by atoms with E-state index in [1.807, 2.05) is 6.92 Å². The lowest BCUT2D eigenvalue weighted by Crippen LogP contribution is -2.31. The Hall–Kier alpha value is -2.82. The van der Waals surface area contributed by atoms with Crippen LogP contribution in [0.25, 0.3) is 10.2 Å². The van der Waals surface area contributed by atoms with Gasteiger partial charge in [-0.15, -0.1) is 11.3 Å². The van der Waals surface area contributed by atoms with Crippen LogP contribution < -0.4 is 15.4 Å². The third-order valence-corrected chi connectivity index (χ3v) is 8.70. The fourth-order valence-corrected chi connectivity index (χ4v) is 6.39. The van der Waals surface area contributed by atoms with E-state index >= 15 is 0 Å². The lowest BCUT2D eigenvalue weighted by Gasteiger charge is -2.27. The maximum Gasteiger partial charge on any atom is 0.261 e. The molecule has 1 aromatic carbocycles. The number of aliphatic hydroxyl groups is 1. The van der Waals surface area contributed by atoms with Crippen LogP contribution in [0.2, 0.25) is 0 Å². The second-order valence-corrected chi connectivity index (χ2v) is 11.1. The van der Waals surface area contributed by atoms with Gasteiger partial charge in [-0.2, -0.15) is 0 Å². The fraction of sp³-hybridized carbons (Fsp3) is 0.519. The molecule has 8 nitrogen and oxygen atoms in total. The normalized spacial score (nSPS) is 22.3. The molecule has 3 aromatic rings. The van der Waals surface area contributed by atoms with Gasteiger partial charge >= 0.3 is 0 Å². The number of aromatic nitrogens is 2. The molecule has 1 aliphatic heterocycles. The number of carbonyl (C=O) groups is 1. The summed E-state index contributed by atoms with van der Waals surface area (Å²) in [5, 5.41) is 16.9.